The number of nitrogens with zero attached hydrogens (tertiary/aromatic N) is 1. The summed E-state index contributed by atoms with van der Waals surface area (Å²) in [7, 11) is -3.87. The number of hydrogen-bond acceptors (Lipinski definition) is 5. The van der Waals surface area contributed by atoms with Crippen LogP contribution in [0.1, 0.15) is 24.0 Å². The fourth-order valence-corrected chi connectivity index (χ4v) is 5.07. The van der Waals surface area contributed by atoms with Gasteiger partial charge in [-0.25, -0.2) is 8.42 Å². The molecule has 0 bridgehead atoms. The van der Waals surface area contributed by atoms with E-state index < -0.39 is 34.5 Å². The Morgan fingerprint density at radius 1 is 1.17 bits per heavy atom. The van der Waals surface area contributed by atoms with Gasteiger partial charge < -0.3 is 10.1 Å². The quantitative estimate of drug-likeness (QED) is 0.681. The summed E-state index contributed by atoms with van der Waals surface area (Å²) in [5.41, 5.74) is 2.52. The van der Waals surface area contributed by atoms with E-state index in [0.29, 0.717) is 23.6 Å². The number of aryl methyl sites for hydroxylation is 2. The predicted molar refractivity (Wildman–Crippen MR) is 114 cm³/mol. The highest BCUT2D eigenvalue weighted by Gasteiger charge is 2.40. The van der Waals surface area contributed by atoms with Gasteiger partial charge in [0, 0.05) is 17.3 Å². The van der Waals surface area contributed by atoms with Gasteiger partial charge in [0.2, 0.25) is 10.0 Å². The van der Waals surface area contributed by atoms with Gasteiger partial charge in [-0.1, -0.05) is 23.7 Å². The van der Waals surface area contributed by atoms with Gasteiger partial charge in [-0.15, -0.1) is 0 Å². The molecular weight excluding hydrogens is 428 g/mol. The SMILES string of the molecule is Cc1ccc(C)c(NC(=O)COC(=O)[C@@H]2CCCN2S(=O)(=O)c2ccc(Cl)cc2)c1. The molecule has 0 radical (unpaired) electrons. The minimum Gasteiger partial charge on any atom is -0.454 e. The molecule has 1 amide bonds. The zero-order chi connectivity index (χ0) is 21.9. The average Bonchev–Trinajstić information content (AvgIpc) is 3.20. The first-order valence-electron chi connectivity index (χ1n) is 9.49. The summed E-state index contributed by atoms with van der Waals surface area (Å²) in [6.07, 6.45) is 0.867. The number of sulfonamides is 1. The zero-order valence-electron chi connectivity index (χ0n) is 16.7. The van der Waals surface area contributed by atoms with E-state index >= 15 is 0 Å². The number of hydrogen-bond donors (Lipinski definition) is 1. The van der Waals surface area contributed by atoms with Crippen LogP contribution < -0.4 is 5.32 Å². The second-order valence-electron chi connectivity index (χ2n) is 7.20. The molecule has 9 heteroatoms. The van der Waals surface area contributed by atoms with Crippen molar-refractivity contribution >= 4 is 39.2 Å². The molecule has 0 aliphatic carbocycles. The molecular formula is C21H23ClN2O5S. The normalized spacial score (nSPS) is 17.0. The second kappa shape index (κ2) is 9.16. The van der Waals surface area contributed by atoms with Gasteiger partial charge in [0.25, 0.3) is 5.91 Å². The van der Waals surface area contributed by atoms with Gasteiger partial charge in [0.15, 0.2) is 6.61 Å². The lowest BCUT2D eigenvalue weighted by atomic mass is 10.1. The molecule has 1 aliphatic rings. The van der Waals surface area contributed by atoms with Crippen LogP contribution in [0.25, 0.3) is 0 Å². The molecule has 1 aliphatic heterocycles. The number of carbonyl (C=O) groups is 2. The predicted octanol–water partition coefficient (Wildman–Crippen LogP) is 3.29. The molecule has 1 heterocycles. The summed E-state index contributed by atoms with van der Waals surface area (Å²) in [4.78, 5) is 24.8. The Bertz CT molecular complexity index is 1050. The first-order chi connectivity index (χ1) is 14.2. The molecule has 2 aromatic carbocycles. The van der Waals surface area contributed by atoms with Crippen LogP contribution in [0.2, 0.25) is 5.02 Å². The van der Waals surface area contributed by atoms with Crippen LogP contribution >= 0.6 is 11.6 Å². The summed E-state index contributed by atoms with van der Waals surface area (Å²) in [5, 5.41) is 3.13. The van der Waals surface area contributed by atoms with Crippen LogP contribution in [0.3, 0.4) is 0 Å². The molecule has 0 unspecified atom stereocenters. The van der Waals surface area contributed by atoms with Crippen molar-refractivity contribution in [3.63, 3.8) is 0 Å². The maximum absolute atomic E-state index is 12.9. The number of rotatable bonds is 6. The van der Waals surface area contributed by atoms with E-state index in [9.17, 15) is 18.0 Å². The number of esters is 1. The molecule has 7 nitrogen and oxygen atoms in total. The van der Waals surface area contributed by atoms with E-state index in [0.717, 1.165) is 15.4 Å². The largest absolute Gasteiger partial charge is 0.454 e. The van der Waals surface area contributed by atoms with Crippen molar-refractivity contribution in [3.8, 4) is 0 Å². The van der Waals surface area contributed by atoms with Crippen LogP contribution in [0, 0.1) is 13.8 Å². The van der Waals surface area contributed by atoms with Crippen molar-refractivity contribution in [1.82, 2.24) is 4.31 Å². The topological polar surface area (TPSA) is 92.8 Å². The highest BCUT2D eigenvalue weighted by molar-refractivity contribution is 7.89. The number of ether oxygens (including phenoxy) is 1. The molecule has 1 N–H and O–H groups in total. The number of carbonyl (C=O) groups excluding carboxylic acids is 2. The lowest BCUT2D eigenvalue weighted by Gasteiger charge is -2.22. The summed E-state index contributed by atoms with van der Waals surface area (Å²) in [5.74, 6) is -1.22. The lowest BCUT2D eigenvalue weighted by Crippen LogP contribution is -2.42. The third-order valence-electron chi connectivity index (χ3n) is 4.91. The highest BCUT2D eigenvalue weighted by Crippen LogP contribution is 2.27. The first-order valence-corrected chi connectivity index (χ1v) is 11.3. The Kier molecular flexibility index (Phi) is 6.80. The Balaban J connectivity index is 1.63. The number of nitrogens with one attached hydrogen (secondary N) is 1. The van der Waals surface area contributed by atoms with Gasteiger partial charge in [0.05, 0.1) is 4.90 Å². The maximum Gasteiger partial charge on any atom is 0.324 e. The second-order valence-corrected chi connectivity index (χ2v) is 9.53. The van der Waals surface area contributed by atoms with Gasteiger partial charge in [-0.05, 0) is 68.1 Å². The van der Waals surface area contributed by atoms with E-state index in [1.807, 2.05) is 32.0 Å². The summed E-state index contributed by atoms with van der Waals surface area (Å²) in [6.45, 7) is 3.49. The Hall–Kier alpha value is -2.42. The van der Waals surface area contributed by atoms with Crippen molar-refractivity contribution in [2.24, 2.45) is 0 Å². The van der Waals surface area contributed by atoms with E-state index in [1.54, 1.807) is 0 Å². The van der Waals surface area contributed by atoms with Crippen molar-refractivity contribution in [1.29, 1.82) is 0 Å². The van der Waals surface area contributed by atoms with Crippen molar-refractivity contribution in [2.75, 3.05) is 18.5 Å². The van der Waals surface area contributed by atoms with Crippen molar-refractivity contribution < 1.29 is 22.7 Å². The van der Waals surface area contributed by atoms with E-state index in [-0.39, 0.29) is 11.4 Å². The van der Waals surface area contributed by atoms with Crippen LogP contribution in [0.4, 0.5) is 5.69 Å². The lowest BCUT2D eigenvalue weighted by molar-refractivity contribution is -0.150. The minimum atomic E-state index is -3.87. The molecule has 30 heavy (non-hydrogen) atoms. The van der Waals surface area contributed by atoms with Gasteiger partial charge in [0.1, 0.15) is 6.04 Å². The molecule has 1 atom stereocenters. The monoisotopic (exact) mass is 450 g/mol. The number of amides is 1. The maximum atomic E-state index is 12.9. The van der Waals surface area contributed by atoms with Gasteiger partial charge >= 0.3 is 5.97 Å². The van der Waals surface area contributed by atoms with Crippen LogP contribution in [-0.4, -0.2) is 43.8 Å². The first kappa shape index (κ1) is 22.3. The van der Waals surface area contributed by atoms with Crippen LogP contribution in [0.5, 0.6) is 0 Å². The molecule has 3 rings (SSSR count). The highest BCUT2D eigenvalue weighted by atomic mass is 35.5. The van der Waals surface area contributed by atoms with E-state index in [1.165, 1.54) is 24.3 Å². The third-order valence-corrected chi connectivity index (χ3v) is 7.08. The van der Waals surface area contributed by atoms with E-state index in [4.69, 9.17) is 16.3 Å². The number of anilines is 1. The minimum absolute atomic E-state index is 0.0549. The van der Waals surface area contributed by atoms with E-state index in [2.05, 4.69) is 5.32 Å². The summed E-state index contributed by atoms with van der Waals surface area (Å²) < 4.78 is 32.1. The number of halogens is 1. The molecule has 0 saturated carbocycles. The zero-order valence-corrected chi connectivity index (χ0v) is 18.3. The Morgan fingerprint density at radius 3 is 2.57 bits per heavy atom. The van der Waals surface area contributed by atoms with Crippen LogP contribution in [0.15, 0.2) is 47.4 Å². The fourth-order valence-electron chi connectivity index (χ4n) is 3.30. The Morgan fingerprint density at radius 2 is 1.87 bits per heavy atom. The molecule has 0 aromatic heterocycles. The molecule has 2 aromatic rings. The average molecular weight is 451 g/mol. The molecule has 0 spiro atoms. The standard InChI is InChI=1S/C21H23ClN2O5S/c1-14-5-6-15(2)18(12-14)23-20(25)13-29-21(26)19-4-3-11-24(19)30(27,28)17-9-7-16(22)8-10-17/h5-10,12,19H,3-4,11,13H2,1-2H3,(H,23,25)/t19-/m0/s1. The smallest absolute Gasteiger partial charge is 0.324 e. The van der Waals surface area contributed by atoms with Gasteiger partial charge in [-0.3, -0.25) is 9.59 Å². The van der Waals surface area contributed by atoms with Crippen LogP contribution in [-0.2, 0) is 24.3 Å². The fraction of sp³-hybridized carbons (Fsp3) is 0.333. The molecule has 160 valence electrons. The number of benzene rings is 2. The summed E-state index contributed by atoms with van der Waals surface area (Å²) in [6, 6.07) is 10.4. The Labute approximate surface area is 181 Å². The van der Waals surface area contributed by atoms with Gasteiger partial charge in [-0.2, -0.15) is 4.31 Å². The molecule has 1 saturated heterocycles. The van der Waals surface area contributed by atoms with Crippen molar-refractivity contribution in [2.45, 2.75) is 37.6 Å². The third kappa shape index (κ3) is 5.00. The summed E-state index contributed by atoms with van der Waals surface area (Å²) >= 11 is 5.83. The van der Waals surface area contributed by atoms with Crippen molar-refractivity contribution in [3.05, 3.63) is 58.6 Å². The molecule has 1 fully saturated rings.